The maximum Gasteiger partial charge on any atom is 0.106 e. The Morgan fingerprint density at radius 2 is 2.12 bits per heavy atom. The Hall–Kier alpha value is -1.40. The summed E-state index contributed by atoms with van der Waals surface area (Å²) in [7, 11) is 0. The van der Waals surface area contributed by atoms with Gasteiger partial charge in [-0.15, -0.1) is 0 Å². The number of fused-ring (bicyclic) bond motifs is 1. The predicted molar refractivity (Wildman–Crippen MR) is 112 cm³/mol. The number of benzene rings is 1. The van der Waals surface area contributed by atoms with Gasteiger partial charge in [-0.1, -0.05) is 59.0 Å². The third-order valence-electron chi connectivity index (χ3n) is 5.06. The summed E-state index contributed by atoms with van der Waals surface area (Å²) in [5.74, 6) is 1.64. The standard InChI is InChI=1S/C21H23IN2O/c22-13-15-2-1-3-16(10-15)18-11-17-4-7-24-14-20(17)21(12-18)25-19-5-8-23-9-6-19/h1-4,7,10-12,14,17,19-20,23H,5-6,8-9,13H2. The molecule has 0 amide bonds. The number of nitrogens with one attached hydrogen (secondary N) is 1. The number of rotatable bonds is 4. The maximum atomic E-state index is 6.46. The van der Waals surface area contributed by atoms with E-state index in [1.807, 2.05) is 12.4 Å². The normalized spacial score (nSPS) is 26.0. The quantitative estimate of drug-likeness (QED) is 0.546. The van der Waals surface area contributed by atoms with Crippen LogP contribution in [0, 0.1) is 11.8 Å². The van der Waals surface area contributed by atoms with E-state index in [2.05, 4.69) is 75.4 Å². The summed E-state index contributed by atoms with van der Waals surface area (Å²) in [5.41, 5.74) is 3.89. The van der Waals surface area contributed by atoms with Crippen molar-refractivity contribution in [2.24, 2.45) is 16.8 Å². The Balaban J connectivity index is 1.64. The number of allylic oxidation sites excluding steroid dienone is 5. The van der Waals surface area contributed by atoms with Crippen molar-refractivity contribution in [3.8, 4) is 0 Å². The first-order chi connectivity index (χ1) is 12.3. The Morgan fingerprint density at radius 3 is 2.96 bits per heavy atom. The van der Waals surface area contributed by atoms with Gasteiger partial charge in [0.05, 0.1) is 5.92 Å². The van der Waals surface area contributed by atoms with Crippen molar-refractivity contribution in [3.05, 3.63) is 65.6 Å². The molecule has 1 N–H and O–H groups in total. The van der Waals surface area contributed by atoms with Gasteiger partial charge in [0.1, 0.15) is 11.9 Å². The summed E-state index contributed by atoms with van der Waals surface area (Å²) in [4.78, 5) is 4.36. The van der Waals surface area contributed by atoms with E-state index in [1.54, 1.807) is 0 Å². The number of piperidine rings is 1. The van der Waals surface area contributed by atoms with Crippen LogP contribution in [0.2, 0.25) is 0 Å². The Labute approximate surface area is 163 Å². The zero-order valence-electron chi connectivity index (χ0n) is 14.2. The fourth-order valence-electron chi connectivity index (χ4n) is 3.67. The number of halogens is 1. The van der Waals surface area contributed by atoms with Crippen molar-refractivity contribution in [1.29, 1.82) is 0 Å². The van der Waals surface area contributed by atoms with Crippen LogP contribution in [0.1, 0.15) is 24.0 Å². The Bertz CT molecular complexity index is 744. The number of hydrogen-bond donors (Lipinski definition) is 1. The van der Waals surface area contributed by atoms with Gasteiger partial charge in [-0.3, -0.25) is 4.99 Å². The van der Waals surface area contributed by atoms with E-state index in [4.69, 9.17) is 4.74 Å². The molecule has 2 atom stereocenters. The van der Waals surface area contributed by atoms with Crippen molar-refractivity contribution in [1.82, 2.24) is 5.32 Å². The highest BCUT2D eigenvalue weighted by Gasteiger charge is 2.29. The van der Waals surface area contributed by atoms with Crippen molar-refractivity contribution >= 4 is 34.4 Å². The van der Waals surface area contributed by atoms with Crippen LogP contribution in [0.3, 0.4) is 0 Å². The molecular formula is C21H23IN2O. The fraction of sp³-hybridized carbons (Fsp3) is 0.381. The van der Waals surface area contributed by atoms with E-state index in [0.29, 0.717) is 12.0 Å². The second-order valence-corrected chi connectivity index (χ2v) is 7.58. The molecule has 1 aliphatic carbocycles. The van der Waals surface area contributed by atoms with Gasteiger partial charge in [0.15, 0.2) is 0 Å². The van der Waals surface area contributed by atoms with Gasteiger partial charge in [0.25, 0.3) is 0 Å². The van der Waals surface area contributed by atoms with Crippen LogP contribution in [0.4, 0.5) is 0 Å². The second kappa shape index (κ2) is 7.87. The predicted octanol–water partition coefficient (Wildman–Crippen LogP) is 4.50. The molecule has 0 aromatic heterocycles. The van der Waals surface area contributed by atoms with Crippen LogP contribution in [0.15, 0.2) is 59.4 Å². The molecule has 0 saturated carbocycles. The highest BCUT2D eigenvalue weighted by molar-refractivity contribution is 14.1. The lowest BCUT2D eigenvalue weighted by atomic mass is 9.82. The van der Waals surface area contributed by atoms with Gasteiger partial charge in [0, 0.05) is 22.8 Å². The van der Waals surface area contributed by atoms with E-state index >= 15 is 0 Å². The molecule has 4 rings (SSSR count). The molecule has 1 saturated heterocycles. The minimum absolute atomic E-state index is 0.233. The minimum atomic E-state index is 0.233. The first-order valence-electron chi connectivity index (χ1n) is 8.99. The number of ether oxygens (including phenoxy) is 1. The van der Waals surface area contributed by atoms with E-state index in [-0.39, 0.29) is 5.92 Å². The summed E-state index contributed by atoms with van der Waals surface area (Å²) in [5, 5.41) is 3.41. The maximum absolute atomic E-state index is 6.46. The highest BCUT2D eigenvalue weighted by atomic mass is 127. The fourth-order valence-corrected chi connectivity index (χ4v) is 4.14. The van der Waals surface area contributed by atoms with Crippen molar-refractivity contribution in [2.75, 3.05) is 13.1 Å². The van der Waals surface area contributed by atoms with E-state index in [9.17, 15) is 0 Å². The number of alkyl halides is 1. The molecular weight excluding hydrogens is 423 g/mol. The molecule has 2 aliphatic heterocycles. The van der Waals surface area contributed by atoms with Crippen LogP contribution in [0.5, 0.6) is 0 Å². The Morgan fingerprint density at radius 1 is 1.24 bits per heavy atom. The molecule has 4 heteroatoms. The molecule has 3 aliphatic rings. The van der Waals surface area contributed by atoms with Crippen LogP contribution in [0.25, 0.3) is 5.57 Å². The SMILES string of the molecule is ICc1cccc(C2=CC3C=CN=CC3C(OC3CCNCC3)=C2)c1. The van der Waals surface area contributed by atoms with E-state index < -0.39 is 0 Å². The summed E-state index contributed by atoms with van der Waals surface area (Å²) in [6, 6.07) is 8.82. The van der Waals surface area contributed by atoms with Gasteiger partial charge in [0.2, 0.25) is 0 Å². The van der Waals surface area contributed by atoms with Crippen molar-refractivity contribution in [2.45, 2.75) is 23.4 Å². The lowest BCUT2D eigenvalue weighted by molar-refractivity contribution is 0.0735. The summed E-state index contributed by atoms with van der Waals surface area (Å²) >= 11 is 2.42. The van der Waals surface area contributed by atoms with E-state index in [0.717, 1.165) is 36.1 Å². The lowest BCUT2D eigenvalue weighted by Crippen LogP contribution is -2.34. The molecule has 130 valence electrons. The van der Waals surface area contributed by atoms with E-state index in [1.165, 1.54) is 16.7 Å². The molecule has 1 fully saturated rings. The second-order valence-electron chi connectivity index (χ2n) is 6.81. The topological polar surface area (TPSA) is 33.6 Å². The smallest absolute Gasteiger partial charge is 0.106 e. The Kier molecular flexibility index (Phi) is 5.36. The first-order valence-corrected chi connectivity index (χ1v) is 10.5. The van der Waals surface area contributed by atoms with Gasteiger partial charge < -0.3 is 10.1 Å². The minimum Gasteiger partial charge on any atom is -0.494 e. The summed E-state index contributed by atoms with van der Waals surface area (Å²) in [6.45, 7) is 2.08. The summed E-state index contributed by atoms with van der Waals surface area (Å²) in [6.07, 6.45) is 13.2. The van der Waals surface area contributed by atoms with Crippen LogP contribution in [-0.4, -0.2) is 25.4 Å². The molecule has 1 aromatic carbocycles. The van der Waals surface area contributed by atoms with Gasteiger partial charge in [-0.2, -0.15) is 0 Å². The molecule has 2 unspecified atom stereocenters. The van der Waals surface area contributed by atoms with Crippen LogP contribution in [-0.2, 0) is 9.16 Å². The molecule has 0 bridgehead atoms. The highest BCUT2D eigenvalue weighted by Crippen LogP contribution is 2.36. The summed E-state index contributed by atoms with van der Waals surface area (Å²) < 4.78 is 7.49. The van der Waals surface area contributed by atoms with Gasteiger partial charge in [-0.25, -0.2) is 0 Å². The first kappa shape index (κ1) is 17.0. The van der Waals surface area contributed by atoms with Crippen LogP contribution >= 0.6 is 22.6 Å². The molecule has 2 heterocycles. The molecule has 1 aromatic rings. The average molecular weight is 446 g/mol. The monoisotopic (exact) mass is 446 g/mol. The molecule has 25 heavy (non-hydrogen) atoms. The zero-order valence-corrected chi connectivity index (χ0v) is 16.4. The van der Waals surface area contributed by atoms with Gasteiger partial charge in [-0.05, 0) is 48.7 Å². The van der Waals surface area contributed by atoms with Crippen molar-refractivity contribution < 1.29 is 4.74 Å². The zero-order chi connectivity index (χ0) is 17.1. The number of hydrogen-bond acceptors (Lipinski definition) is 3. The third kappa shape index (κ3) is 3.90. The van der Waals surface area contributed by atoms with Crippen LogP contribution < -0.4 is 5.32 Å². The molecule has 3 nitrogen and oxygen atoms in total. The lowest BCUT2D eigenvalue weighted by Gasteiger charge is -2.32. The number of aliphatic imine (C=N–C) groups is 1. The molecule has 0 radical (unpaired) electrons. The molecule has 0 spiro atoms. The largest absolute Gasteiger partial charge is 0.494 e. The van der Waals surface area contributed by atoms with Crippen molar-refractivity contribution in [3.63, 3.8) is 0 Å². The van der Waals surface area contributed by atoms with Gasteiger partial charge >= 0.3 is 0 Å². The average Bonchev–Trinajstić information content (AvgIpc) is 2.69. The third-order valence-corrected chi connectivity index (χ3v) is 5.94. The number of nitrogens with zero attached hydrogens (tertiary/aromatic N) is 1.